The predicted molar refractivity (Wildman–Crippen MR) is 219 cm³/mol. The third-order valence-electron chi connectivity index (χ3n) is 10.9. The second kappa shape index (κ2) is 11.8. The lowest BCUT2D eigenvalue weighted by molar-refractivity contribution is 0.659. The van der Waals surface area contributed by atoms with Gasteiger partial charge in [0, 0.05) is 31.0 Å². The molecule has 0 nitrogen and oxygen atoms in total. The van der Waals surface area contributed by atoms with E-state index in [9.17, 15) is 0 Å². The number of benzene rings is 6. The molecule has 50 heavy (non-hydrogen) atoms. The van der Waals surface area contributed by atoms with Crippen molar-refractivity contribution in [3.63, 3.8) is 0 Å². The second-order valence-electron chi connectivity index (χ2n) is 14.0. The highest BCUT2D eigenvalue weighted by atomic mass is 32.1. The molecule has 2 aliphatic rings. The van der Waals surface area contributed by atoms with Crippen LogP contribution < -0.4 is 10.4 Å². The van der Waals surface area contributed by atoms with Gasteiger partial charge in [0.15, 0.2) is 0 Å². The summed E-state index contributed by atoms with van der Waals surface area (Å²) < 4.78 is 2.69. The van der Waals surface area contributed by atoms with E-state index in [1.54, 1.807) is 0 Å². The Morgan fingerprint density at radius 3 is 2.24 bits per heavy atom. The van der Waals surface area contributed by atoms with Gasteiger partial charge in [-0.25, -0.2) is 0 Å². The molecule has 0 aliphatic heterocycles. The van der Waals surface area contributed by atoms with Crippen LogP contribution in [-0.4, -0.2) is 0 Å². The molecule has 0 amide bonds. The molecule has 0 saturated carbocycles. The smallest absolute Gasteiger partial charge is 0.0434 e. The first-order valence-corrected chi connectivity index (χ1v) is 18.4. The van der Waals surface area contributed by atoms with Crippen LogP contribution in [0.1, 0.15) is 54.5 Å². The fourth-order valence-corrected chi connectivity index (χ4v) is 9.72. The molecule has 0 spiro atoms. The molecule has 1 heterocycles. The third-order valence-corrected chi connectivity index (χ3v) is 12.1. The highest BCUT2D eigenvalue weighted by molar-refractivity contribution is 7.26. The molecule has 1 heteroatoms. The quantitative estimate of drug-likeness (QED) is 0.177. The zero-order chi connectivity index (χ0) is 34.0. The Hall–Kier alpha value is -5.50. The predicted octanol–water partition coefficient (Wildman–Crippen LogP) is 12.1. The minimum Gasteiger partial charge on any atom is -0.135 e. The van der Waals surface area contributed by atoms with Gasteiger partial charge >= 0.3 is 0 Å². The highest BCUT2D eigenvalue weighted by Crippen LogP contribution is 2.55. The Morgan fingerprint density at radius 2 is 1.38 bits per heavy atom. The number of rotatable bonds is 4. The lowest BCUT2D eigenvalue weighted by atomic mass is 9.77. The zero-order valence-corrected chi connectivity index (χ0v) is 29.4. The minimum atomic E-state index is -0.186. The van der Waals surface area contributed by atoms with Crippen molar-refractivity contribution in [2.24, 2.45) is 0 Å². The maximum atomic E-state index is 4.72. The van der Waals surface area contributed by atoms with Crippen LogP contribution >= 0.6 is 11.3 Å². The van der Waals surface area contributed by atoms with Gasteiger partial charge in [-0.3, -0.25) is 0 Å². The molecular weight excluding hydrogens is 621 g/mol. The number of thiophene rings is 1. The minimum absolute atomic E-state index is 0.186. The Morgan fingerprint density at radius 1 is 0.680 bits per heavy atom. The van der Waals surface area contributed by atoms with Gasteiger partial charge in [-0.15, -0.1) is 11.3 Å². The van der Waals surface area contributed by atoms with Crippen LogP contribution in [0, 0.1) is 0 Å². The number of hydrogen-bond acceptors (Lipinski definition) is 1. The van der Waals surface area contributed by atoms with E-state index in [1.165, 1.54) is 74.8 Å². The molecule has 240 valence electrons. The summed E-state index contributed by atoms with van der Waals surface area (Å²) in [6.45, 7) is 13.7. The average Bonchev–Trinajstić information content (AvgIpc) is 3.65. The summed E-state index contributed by atoms with van der Waals surface area (Å²) in [5.74, 6) is 0. The highest BCUT2D eigenvalue weighted by Gasteiger charge is 2.39. The Kier molecular flexibility index (Phi) is 7.23. The normalized spacial score (nSPS) is 18.4. The summed E-state index contributed by atoms with van der Waals surface area (Å²) in [6.07, 6.45) is 13.2. The molecule has 0 fully saturated rings. The van der Waals surface area contributed by atoms with Gasteiger partial charge in [-0.2, -0.15) is 0 Å². The van der Waals surface area contributed by atoms with Crippen molar-refractivity contribution < 1.29 is 0 Å². The van der Waals surface area contributed by atoms with Crippen LogP contribution in [0.2, 0.25) is 0 Å². The van der Waals surface area contributed by atoms with Crippen molar-refractivity contribution in [3.8, 4) is 11.1 Å². The van der Waals surface area contributed by atoms with Crippen molar-refractivity contribution in [3.05, 3.63) is 191 Å². The first-order valence-electron chi connectivity index (χ1n) is 17.6. The zero-order valence-electron chi connectivity index (χ0n) is 28.6. The molecule has 9 rings (SSSR count). The van der Waals surface area contributed by atoms with Gasteiger partial charge < -0.3 is 0 Å². The van der Waals surface area contributed by atoms with Crippen molar-refractivity contribution in [1.29, 1.82) is 0 Å². The topological polar surface area (TPSA) is 0 Å². The van der Waals surface area contributed by atoms with E-state index in [0.29, 0.717) is 0 Å². The molecule has 0 saturated heterocycles. The number of hydrogen-bond donors (Lipinski definition) is 0. The number of allylic oxidation sites excluding steroid dienone is 5. The van der Waals surface area contributed by atoms with Crippen LogP contribution in [0.3, 0.4) is 0 Å². The maximum Gasteiger partial charge on any atom is 0.0434 e. The molecular formula is C49H38S. The van der Waals surface area contributed by atoms with Crippen molar-refractivity contribution in [2.75, 3.05) is 0 Å². The van der Waals surface area contributed by atoms with Crippen molar-refractivity contribution in [2.45, 2.75) is 32.1 Å². The van der Waals surface area contributed by atoms with Crippen LogP contribution in [0.15, 0.2) is 153 Å². The average molecular weight is 659 g/mol. The van der Waals surface area contributed by atoms with Crippen LogP contribution in [0.25, 0.3) is 64.9 Å². The van der Waals surface area contributed by atoms with E-state index in [2.05, 4.69) is 160 Å². The molecule has 0 radical (unpaired) electrons. The fourth-order valence-electron chi connectivity index (χ4n) is 8.50. The summed E-state index contributed by atoms with van der Waals surface area (Å²) in [5, 5.41) is 7.74. The van der Waals surface area contributed by atoms with E-state index in [4.69, 9.17) is 6.58 Å². The lowest BCUT2D eigenvalue weighted by Crippen LogP contribution is -2.30. The monoisotopic (exact) mass is 658 g/mol. The van der Waals surface area contributed by atoms with Crippen molar-refractivity contribution >= 4 is 65.1 Å². The van der Waals surface area contributed by atoms with Gasteiger partial charge in [0.1, 0.15) is 0 Å². The Bertz CT molecular complexity index is 2760. The van der Waals surface area contributed by atoms with Gasteiger partial charge in [-0.05, 0) is 96.5 Å². The molecule has 0 N–H and O–H groups in total. The van der Waals surface area contributed by atoms with Crippen molar-refractivity contribution in [1.82, 2.24) is 0 Å². The van der Waals surface area contributed by atoms with E-state index in [1.807, 2.05) is 17.4 Å². The maximum absolute atomic E-state index is 4.72. The van der Waals surface area contributed by atoms with Gasteiger partial charge in [0.05, 0.1) is 0 Å². The molecule has 2 aliphatic carbocycles. The molecule has 1 aromatic heterocycles. The summed E-state index contributed by atoms with van der Waals surface area (Å²) in [7, 11) is 0. The van der Waals surface area contributed by atoms with E-state index in [-0.39, 0.29) is 5.41 Å². The molecule has 0 atom stereocenters. The van der Waals surface area contributed by atoms with Crippen LogP contribution in [0.4, 0.5) is 0 Å². The van der Waals surface area contributed by atoms with Crippen LogP contribution in [-0.2, 0) is 5.41 Å². The summed E-state index contributed by atoms with van der Waals surface area (Å²) in [4.78, 5) is 0. The standard InChI is InChI=1S/C49H38S/c1-5-32-18-10-11-19-33(32)31(2)34-20-8-6-7-9-21-37(36-23-13-12-22-35(34)36)42-30-43-39(28-29-40-38-24-15-17-27-45(38)50-48(40)43)46-41-25-14-16-26-44(41)49(3,4)47(42)46/h5,8-30H,1-2,6-7H2,3-4H3/b20-8+,21-9+,35-34+,37-36+. The van der Waals surface area contributed by atoms with Crippen LogP contribution in [0.5, 0.6) is 0 Å². The Balaban J connectivity index is 1.47. The largest absolute Gasteiger partial charge is 0.135 e. The van der Waals surface area contributed by atoms with Gasteiger partial charge in [0.25, 0.3) is 0 Å². The molecule has 0 unspecified atom stereocenters. The van der Waals surface area contributed by atoms with Gasteiger partial charge in [0.2, 0.25) is 0 Å². The SMILES string of the molecule is C=Cc1ccccc1C(=C)C1=c2\cccc\c2=C(c2cc3c(ccc4c5ccccc5sc34)c3c2C(C)(C)c2ccccc2-3)\C=C\CC\C=C\1. The Labute approximate surface area is 298 Å². The molecule has 6 aromatic carbocycles. The third kappa shape index (κ3) is 4.57. The molecule has 0 bridgehead atoms. The van der Waals surface area contributed by atoms with E-state index >= 15 is 0 Å². The summed E-state index contributed by atoms with van der Waals surface area (Å²) in [5.41, 5.74) is 12.3. The first-order chi connectivity index (χ1) is 24.5. The fraction of sp³-hybridized carbons (Fsp3) is 0.102. The second-order valence-corrected chi connectivity index (χ2v) is 15.1. The lowest BCUT2D eigenvalue weighted by Gasteiger charge is -2.26. The number of fused-ring (bicyclic) bond motifs is 10. The first kappa shape index (κ1) is 30.6. The summed E-state index contributed by atoms with van der Waals surface area (Å²) >= 11 is 1.92. The van der Waals surface area contributed by atoms with E-state index < -0.39 is 0 Å². The van der Waals surface area contributed by atoms with E-state index in [0.717, 1.165) is 35.1 Å². The molecule has 7 aromatic rings. The summed E-state index contributed by atoms with van der Waals surface area (Å²) in [6, 6.07) is 42.6. The van der Waals surface area contributed by atoms with Gasteiger partial charge in [-0.1, -0.05) is 161 Å².